The van der Waals surface area contributed by atoms with E-state index in [0.29, 0.717) is 16.1 Å². The number of hydrazine groups is 1. The second kappa shape index (κ2) is 8.48. The van der Waals surface area contributed by atoms with Gasteiger partial charge in [0, 0.05) is 13.0 Å². The molecule has 3 rings (SSSR count). The van der Waals surface area contributed by atoms with Gasteiger partial charge in [-0.2, -0.15) is 5.01 Å². The number of sulfonamides is 1. The summed E-state index contributed by atoms with van der Waals surface area (Å²) in [6.45, 7) is 4.82. The van der Waals surface area contributed by atoms with Crippen LogP contribution in [0, 0.1) is 13.8 Å². The van der Waals surface area contributed by atoms with E-state index < -0.39 is 33.4 Å². The maximum Gasteiger partial charge on any atom is 0.344 e. The molecule has 2 aromatic carbocycles. The number of amides is 4. The van der Waals surface area contributed by atoms with E-state index in [1.807, 2.05) is 6.07 Å². The highest BCUT2D eigenvalue weighted by atomic mass is 32.2. The van der Waals surface area contributed by atoms with Crippen molar-refractivity contribution in [2.24, 2.45) is 0 Å². The van der Waals surface area contributed by atoms with E-state index in [1.165, 1.54) is 0 Å². The molecule has 1 atom stereocenters. The lowest BCUT2D eigenvalue weighted by molar-refractivity contribution is -0.138. The van der Waals surface area contributed by atoms with Gasteiger partial charge in [0.1, 0.15) is 5.54 Å². The van der Waals surface area contributed by atoms with E-state index in [9.17, 15) is 22.8 Å². The van der Waals surface area contributed by atoms with Gasteiger partial charge in [-0.05, 0) is 43.5 Å². The third-order valence-corrected chi connectivity index (χ3v) is 6.66. The summed E-state index contributed by atoms with van der Waals surface area (Å²) in [6.07, 6.45) is -0.261. The topological polar surface area (TPSA) is 125 Å². The summed E-state index contributed by atoms with van der Waals surface area (Å²) in [5, 5.41) is 3.20. The van der Waals surface area contributed by atoms with Crippen LogP contribution < -0.4 is 15.5 Å². The Bertz CT molecular complexity index is 1130. The fraction of sp³-hybridized carbons (Fsp3) is 0.286. The molecule has 2 aromatic rings. The Morgan fingerprint density at radius 1 is 1.10 bits per heavy atom. The van der Waals surface area contributed by atoms with Gasteiger partial charge >= 0.3 is 6.03 Å². The molecule has 0 radical (unpaired) electrons. The summed E-state index contributed by atoms with van der Waals surface area (Å²) in [4.78, 5) is 37.4. The predicted molar refractivity (Wildman–Crippen MR) is 113 cm³/mol. The van der Waals surface area contributed by atoms with E-state index >= 15 is 0 Å². The van der Waals surface area contributed by atoms with E-state index in [0.717, 1.165) is 5.56 Å². The molecule has 0 spiro atoms. The van der Waals surface area contributed by atoms with Gasteiger partial charge in [0.2, 0.25) is 15.9 Å². The number of urea groups is 1. The van der Waals surface area contributed by atoms with Crippen LogP contribution in [0.25, 0.3) is 0 Å². The fourth-order valence-corrected chi connectivity index (χ4v) is 4.62. The van der Waals surface area contributed by atoms with E-state index in [2.05, 4.69) is 15.5 Å². The normalized spacial score (nSPS) is 18.7. The highest BCUT2D eigenvalue weighted by Gasteiger charge is 2.49. The fourth-order valence-electron chi connectivity index (χ4n) is 3.26. The van der Waals surface area contributed by atoms with Gasteiger partial charge in [-0.25, -0.2) is 17.9 Å². The van der Waals surface area contributed by atoms with Crippen molar-refractivity contribution in [3.8, 4) is 0 Å². The van der Waals surface area contributed by atoms with Gasteiger partial charge in [0.25, 0.3) is 5.91 Å². The number of nitrogens with zero attached hydrogens (tertiary/aromatic N) is 1. The average Bonchev–Trinajstić information content (AvgIpc) is 2.94. The minimum Gasteiger partial charge on any atom is -0.318 e. The zero-order chi connectivity index (χ0) is 22.8. The van der Waals surface area contributed by atoms with Crippen LogP contribution in [0.4, 0.5) is 4.79 Å². The smallest absolute Gasteiger partial charge is 0.318 e. The zero-order valence-electron chi connectivity index (χ0n) is 17.4. The first-order chi connectivity index (χ1) is 14.5. The summed E-state index contributed by atoms with van der Waals surface area (Å²) in [7, 11) is -3.80. The van der Waals surface area contributed by atoms with Gasteiger partial charge in [-0.15, -0.1) is 0 Å². The van der Waals surface area contributed by atoms with Crippen LogP contribution >= 0.6 is 0 Å². The number of aryl methyl sites for hydroxylation is 2. The first-order valence-electron chi connectivity index (χ1n) is 9.63. The number of rotatable bonds is 7. The number of nitrogens with one attached hydrogen (secondary N) is 3. The predicted octanol–water partition coefficient (Wildman–Crippen LogP) is 1.47. The number of carbonyl (C=O) groups is 3. The maximum atomic E-state index is 12.8. The summed E-state index contributed by atoms with van der Waals surface area (Å²) < 4.78 is 27.4. The molecule has 0 aromatic heterocycles. The van der Waals surface area contributed by atoms with Crippen molar-refractivity contribution in [3.63, 3.8) is 0 Å². The SMILES string of the molecule is Cc1ccc(C)c(S(=O)(=O)NCCC(=O)NN2C(=O)N[C@](C)(c3ccccc3)C2=O)c1. The standard InChI is InChI=1S/C21H24N4O5S/c1-14-9-10-15(2)17(13-14)31(29,30)22-12-11-18(26)24-25-19(27)21(3,23-20(25)28)16-7-5-4-6-8-16/h4-10,13,22H,11-12H2,1-3H3,(H,23,28)(H,24,26)/t21-/m1/s1. The number of hydrogen-bond acceptors (Lipinski definition) is 5. The molecule has 0 unspecified atom stereocenters. The van der Waals surface area contributed by atoms with Gasteiger partial charge in [-0.1, -0.05) is 42.5 Å². The minimum absolute atomic E-state index is 0.139. The molecule has 1 saturated heterocycles. The number of benzene rings is 2. The summed E-state index contributed by atoms with van der Waals surface area (Å²) in [6, 6.07) is 13.0. The van der Waals surface area contributed by atoms with Crippen molar-refractivity contribution in [1.29, 1.82) is 0 Å². The van der Waals surface area contributed by atoms with Crippen molar-refractivity contribution in [2.45, 2.75) is 37.6 Å². The van der Waals surface area contributed by atoms with E-state index in [-0.39, 0.29) is 17.9 Å². The molecule has 0 bridgehead atoms. The van der Waals surface area contributed by atoms with Gasteiger partial charge in [0.05, 0.1) is 4.90 Å². The highest BCUT2D eigenvalue weighted by molar-refractivity contribution is 7.89. The number of hydrogen-bond donors (Lipinski definition) is 3. The van der Waals surface area contributed by atoms with Crippen LogP contribution in [0.3, 0.4) is 0 Å². The van der Waals surface area contributed by atoms with Gasteiger partial charge in [-0.3, -0.25) is 15.0 Å². The molecule has 1 fully saturated rings. The first-order valence-corrected chi connectivity index (χ1v) is 11.1. The third-order valence-electron chi connectivity index (χ3n) is 5.06. The molecule has 164 valence electrons. The summed E-state index contributed by atoms with van der Waals surface area (Å²) in [5.41, 5.74) is 2.89. The van der Waals surface area contributed by atoms with Crippen molar-refractivity contribution in [1.82, 2.24) is 20.5 Å². The van der Waals surface area contributed by atoms with Crippen LogP contribution in [0.1, 0.15) is 30.0 Å². The van der Waals surface area contributed by atoms with Crippen LogP contribution in [0.15, 0.2) is 53.4 Å². The molecule has 1 heterocycles. The van der Waals surface area contributed by atoms with Crippen LogP contribution in [0.2, 0.25) is 0 Å². The van der Waals surface area contributed by atoms with E-state index in [4.69, 9.17) is 0 Å². The van der Waals surface area contributed by atoms with Gasteiger partial charge in [0.15, 0.2) is 0 Å². The Hall–Kier alpha value is -3.24. The largest absolute Gasteiger partial charge is 0.344 e. The second-order valence-electron chi connectivity index (χ2n) is 7.51. The molecule has 1 aliphatic heterocycles. The van der Waals surface area contributed by atoms with Gasteiger partial charge < -0.3 is 5.32 Å². The molecule has 3 N–H and O–H groups in total. The molecule has 0 saturated carbocycles. The van der Waals surface area contributed by atoms with Crippen LogP contribution in [-0.2, 0) is 25.2 Å². The molecule has 0 aliphatic carbocycles. The first kappa shape index (κ1) is 22.4. The third kappa shape index (κ3) is 4.59. The number of imide groups is 1. The average molecular weight is 445 g/mol. The second-order valence-corrected chi connectivity index (χ2v) is 9.25. The molecule has 9 nitrogen and oxygen atoms in total. The Labute approximate surface area is 180 Å². The lowest BCUT2D eigenvalue weighted by Crippen LogP contribution is -2.48. The Morgan fingerprint density at radius 2 is 1.77 bits per heavy atom. The maximum absolute atomic E-state index is 12.8. The number of carbonyl (C=O) groups excluding carboxylic acids is 3. The van der Waals surface area contributed by atoms with Crippen molar-refractivity contribution >= 4 is 27.9 Å². The molecule has 10 heteroatoms. The van der Waals surface area contributed by atoms with Crippen molar-refractivity contribution in [3.05, 3.63) is 65.2 Å². The summed E-state index contributed by atoms with van der Waals surface area (Å²) >= 11 is 0. The van der Waals surface area contributed by atoms with Crippen molar-refractivity contribution < 1.29 is 22.8 Å². The zero-order valence-corrected chi connectivity index (χ0v) is 18.2. The molecule has 1 aliphatic rings. The Balaban J connectivity index is 1.60. The molecule has 31 heavy (non-hydrogen) atoms. The molecular weight excluding hydrogens is 420 g/mol. The Morgan fingerprint density at radius 3 is 2.45 bits per heavy atom. The highest BCUT2D eigenvalue weighted by Crippen LogP contribution is 2.27. The summed E-state index contributed by atoms with van der Waals surface area (Å²) in [5.74, 6) is -1.31. The van der Waals surface area contributed by atoms with Crippen LogP contribution in [-0.4, -0.2) is 37.8 Å². The lowest BCUT2D eigenvalue weighted by atomic mass is 9.92. The minimum atomic E-state index is -3.80. The molecule has 4 amide bonds. The Kier molecular flexibility index (Phi) is 6.14. The van der Waals surface area contributed by atoms with Crippen molar-refractivity contribution in [2.75, 3.05) is 6.54 Å². The van der Waals surface area contributed by atoms with E-state index in [1.54, 1.807) is 63.2 Å². The monoisotopic (exact) mass is 444 g/mol. The molecular formula is C21H24N4O5S. The quantitative estimate of drug-likeness (QED) is 0.558. The van der Waals surface area contributed by atoms with Crippen LogP contribution in [0.5, 0.6) is 0 Å². The lowest BCUT2D eigenvalue weighted by Gasteiger charge is -2.22.